The molecule has 1 unspecified atom stereocenters. The molecule has 0 saturated carbocycles. The SMILES string of the molecule is CC(COC(=O)O)O[N+](=O)[O-]. The monoisotopic (exact) mass is 165 g/mol. The van der Waals surface area contributed by atoms with Crippen LogP contribution in [-0.4, -0.2) is 29.1 Å². The van der Waals surface area contributed by atoms with Crippen molar-refractivity contribution in [1.29, 1.82) is 0 Å². The van der Waals surface area contributed by atoms with Gasteiger partial charge in [0.05, 0.1) is 0 Å². The number of rotatable bonds is 4. The van der Waals surface area contributed by atoms with Crippen LogP contribution in [-0.2, 0) is 9.57 Å². The zero-order chi connectivity index (χ0) is 8.85. The second kappa shape index (κ2) is 4.31. The molecule has 0 radical (unpaired) electrons. The topological polar surface area (TPSA) is 98.9 Å². The van der Waals surface area contributed by atoms with Gasteiger partial charge in [0, 0.05) is 0 Å². The largest absolute Gasteiger partial charge is 0.505 e. The summed E-state index contributed by atoms with van der Waals surface area (Å²) >= 11 is 0. The molecular formula is C4H7NO6. The minimum Gasteiger partial charge on any atom is -0.450 e. The minimum absolute atomic E-state index is 0.351. The maximum atomic E-state index is 9.74. The van der Waals surface area contributed by atoms with Gasteiger partial charge in [-0.15, -0.1) is 10.1 Å². The van der Waals surface area contributed by atoms with Crippen LogP contribution in [0.15, 0.2) is 0 Å². The molecule has 0 aromatic rings. The van der Waals surface area contributed by atoms with Crippen molar-refractivity contribution < 1.29 is 24.6 Å². The molecule has 0 rings (SSSR count). The van der Waals surface area contributed by atoms with Gasteiger partial charge in [-0.3, -0.25) is 0 Å². The van der Waals surface area contributed by atoms with Crippen LogP contribution >= 0.6 is 0 Å². The van der Waals surface area contributed by atoms with E-state index < -0.39 is 17.3 Å². The van der Waals surface area contributed by atoms with Gasteiger partial charge in [0.25, 0.3) is 5.09 Å². The zero-order valence-electron chi connectivity index (χ0n) is 5.72. The standard InChI is InChI=1S/C4H7NO6/c1-3(11-5(8)9)2-10-4(6)7/h3H,2H2,1H3,(H,6,7). The number of hydrogen-bond acceptors (Lipinski definition) is 5. The molecule has 0 saturated heterocycles. The van der Waals surface area contributed by atoms with Crippen molar-refractivity contribution >= 4 is 6.16 Å². The molecule has 0 aliphatic rings. The summed E-state index contributed by atoms with van der Waals surface area (Å²) in [5, 5.41) is 16.6. The van der Waals surface area contributed by atoms with Crippen LogP contribution in [0.25, 0.3) is 0 Å². The van der Waals surface area contributed by atoms with Crippen molar-refractivity contribution in [3.63, 3.8) is 0 Å². The van der Waals surface area contributed by atoms with Crippen LogP contribution in [0, 0.1) is 10.1 Å². The van der Waals surface area contributed by atoms with E-state index in [0.717, 1.165) is 0 Å². The number of hydrogen-bond donors (Lipinski definition) is 1. The molecule has 0 spiro atoms. The van der Waals surface area contributed by atoms with Gasteiger partial charge in [0.2, 0.25) is 0 Å². The molecule has 0 aromatic carbocycles. The fourth-order valence-electron chi connectivity index (χ4n) is 0.366. The van der Waals surface area contributed by atoms with Crippen molar-refractivity contribution in [1.82, 2.24) is 0 Å². The summed E-state index contributed by atoms with van der Waals surface area (Å²) < 4.78 is 3.99. The van der Waals surface area contributed by atoms with Crippen molar-refractivity contribution in [3.8, 4) is 0 Å². The third kappa shape index (κ3) is 6.35. The molecule has 7 heteroatoms. The summed E-state index contributed by atoms with van der Waals surface area (Å²) in [6, 6.07) is 0. The highest BCUT2D eigenvalue weighted by Crippen LogP contribution is 1.91. The summed E-state index contributed by atoms with van der Waals surface area (Å²) in [4.78, 5) is 23.3. The molecule has 0 amide bonds. The quantitative estimate of drug-likeness (QED) is 0.364. The predicted octanol–water partition coefficient (Wildman–Crippen LogP) is 0.278. The Morgan fingerprint density at radius 2 is 2.36 bits per heavy atom. The lowest BCUT2D eigenvalue weighted by Crippen LogP contribution is -2.20. The molecule has 0 bridgehead atoms. The smallest absolute Gasteiger partial charge is 0.450 e. The van der Waals surface area contributed by atoms with Crippen LogP contribution in [0.5, 0.6) is 0 Å². The van der Waals surface area contributed by atoms with Gasteiger partial charge in [-0.1, -0.05) is 0 Å². The van der Waals surface area contributed by atoms with Crippen LogP contribution in [0.3, 0.4) is 0 Å². The highest BCUT2D eigenvalue weighted by atomic mass is 17.0. The number of carbonyl (C=O) groups is 1. The molecule has 64 valence electrons. The third-order valence-electron chi connectivity index (χ3n) is 0.708. The summed E-state index contributed by atoms with van der Waals surface area (Å²) in [6.07, 6.45) is -2.36. The van der Waals surface area contributed by atoms with Crippen LogP contribution in [0.2, 0.25) is 0 Å². The Kier molecular flexibility index (Phi) is 3.71. The second-order valence-electron chi connectivity index (χ2n) is 1.72. The van der Waals surface area contributed by atoms with Gasteiger partial charge in [-0.25, -0.2) is 4.79 Å². The van der Waals surface area contributed by atoms with Gasteiger partial charge in [0.1, 0.15) is 12.7 Å². The molecule has 1 atom stereocenters. The van der Waals surface area contributed by atoms with Gasteiger partial charge in [0.15, 0.2) is 0 Å². The maximum Gasteiger partial charge on any atom is 0.505 e. The Morgan fingerprint density at radius 3 is 2.73 bits per heavy atom. The molecule has 0 heterocycles. The van der Waals surface area contributed by atoms with Crippen molar-refractivity contribution in [3.05, 3.63) is 10.1 Å². The third-order valence-corrected chi connectivity index (χ3v) is 0.708. The van der Waals surface area contributed by atoms with E-state index >= 15 is 0 Å². The molecule has 0 aromatic heterocycles. The molecular weight excluding hydrogens is 158 g/mol. The zero-order valence-corrected chi connectivity index (χ0v) is 5.72. The maximum absolute atomic E-state index is 9.74. The number of nitrogens with zero attached hydrogens (tertiary/aromatic N) is 1. The van der Waals surface area contributed by atoms with E-state index in [1.165, 1.54) is 6.92 Å². The minimum atomic E-state index is -1.48. The Bertz CT molecular complexity index is 157. The highest BCUT2D eigenvalue weighted by molar-refractivity contribution is 5.56. The molecule has 0 fully saturated rings. The van der Waals surface area contributed by atoms with E-state index in [1.54, 1.807) is 0 Å². The fraction of sp³-hybridized carbons (Fsp3) is 0.750. The highest BCUT2D eigenvalue weighted by Gasteiger charge is 2.08. The normalized spacial score (nSPS) is 11.7. The summed E-state index contributed by atoms with van der Waals surface area (Å²) in [5.74, 6) is 0. The van der Waals surface area contributed by atoms with Crippen LogP contribution < -0.4 is 0 Å². The predicted molar refractivity (Wildman–Crippen MR) is 31.5 cm³/mol. The van der Waals surface area contributed by atoms with Crippen molar-refractivity contribution in [2.75, 3.05) is 6.61 Å². The Hall–Kier alpha value is -1.53. The summed E-state index contributed by atoms with van der Waals surface area (Å²) in [6.45, 7) is 0.974. The molecule has 11 heavy (non-hydrogen) atoms. The Balaban J connectivity index is 3.44. The van der Waals surface area contributed by atoms with Gasteiger partial charge in [-0.2, -0.15) is 0 Å². The van der Waals surface area contributed by atoms with E-state index in [0.29, 0.717) is 0 Å². The van der Waals surface area contributed by atoms with Crippen LogP contribution in [0.4, 0.5) is 4.79 Å². The molecule has 0 aliphatic carbocycles. The Morgan fingerprint density at radius 1 is 1.82 bits per heavy atom. The molecule has 7 nitrogen and oxygen atoms in total. The van der Waals surface area contributed by atoms with Gasteiger partial charge >= 0.3 is 6.16 Å². The van der Waals surface area contributed by atoms with E-state index in [2.05, 4.69) is 9.57 Å². The lowest BCUT2D eigenvalue weighted by molar-refractivity contribution is -0.767. The van der Waals surface area contributed by atoms with E-state index in [4.69, 9.17) is 5.11 Å². The number of carboxylic acid groups (broad SMARTS) is 1. The Labute approximate surface area is 61.6 Å². The van der Waals surface area contributed by atoms with Crippen molar-refractivity contribution in [2.45, 2.75) is 13.0 Å². The first-order chi connectivity index (χ1) is 5.02. The van der Waals surface area contributed by atoms with Crippen molar-refractivity contribution in [2.24, 2.45) is 0 Å². The van der Waals surface area contributed by atoms with E-state index in [1.807, 2.05) is 0 Å². The summed E-state index contributed by atoms with van der Waals surface area (Å²) in [7, 11) is 0. The number of ether oxygens (including phenoxy) is 1. The lowest BCUT2D eigenvalue weighted by atomic mass is 10.4. The second-order valence-corrected chi connectivity index (χ2v) is 1.72. The summed E-state index contributed by atoms with van der Waals surface area (Å²) in [5.41, 5.74) is 0. The lowest BCUT2D eigenvalue weighted by Gasteiger charge is -2.06. The molecule has 0 aliphatic heterocycles. The average molecular weight is 165 g/mol. The average Bonchev–Trinajstić information content (AvgIpc) is 1.82. The van der Waals surface area contributed by atoms with Gasteiger partial charge in [-0.05, 0) is 6.92 Å². The first kappa shape index (κ1) is 9.47. The van der Waals surface area contributed by atoms with Crippen LogP contribution in [0.1, 0.15) is 6.92 Å². The first-order valence-electron chi connectivity index (χ1n) is 2.69. The van der Waals surface area contributed by atoms with E-state index in [9.17, 15) is 14.9 Å². The fourth-order valence-corrected chi connectivity index (χ4v) is 0.366. The molecule has 1 N–H and O–H groups in total. The van der Waals surface area contributed by atoms with Gasteiger partial charge < -0.3 is 14.7 Å². The van der Waals surface area contributed by atoms with E-state index in [-0.39, 0.29) is 6.61 Å². The first-order valence-corrected chi connectivity index (χ1v) is 2.69.